The highest BCUT2D eigenvalue weighted by Crippen LogP contribution is 2.27. The normalized spacial score (nSPS) is 10.5. The average molecular weight is 295 g/mol. The van der Waals surface area contributed by atoms with Gasteiger partial charge in [-0.1, -0.05) is 47.5 Å². The molecule has 98 valence electrons. The fraction of sp³-hybridized carbons (Fsp3) is 0.0714. The van der Waals surface area contributed by atoms with Crippen LogP contribution in [0.15, 0.2) is 48.5 Å². The van der Waals surface area contributed by atoms with E-state index in [-0.39, 0.29) is 5.91 Å². The van der Waals surface area contributed by atoms with Crippen molar-refractivity contribution in [2.24, 2.45) is 5.84 Å². The summed E-state index contributed by atoms with van der Waals surface area (Å²) in [5.41, 5.74) is 3.82. The molecule has 0 fully saturated rings. The van der Waals surface area contributed by atoms with Gasteiger partial charge >= 0.3 is 0 Å². The molecule has 0 spiro atoms. The number of halogens is 2. The van der Waals surface area contributed by atoms with Gasteiger partial charge in [-0.3, -0.25) is 10.2 Å². The van der Waals surface area contributed by atoms with E-state index in [2.05, 4.69) is 5.43 Å². The van der Waals surface area contributed by atoms with Crippen molar-refractivity contribution in [3.63, 3.8) is 0 Å². The second-order valence-corrected chi connectivity index (χ2v) is 4.92. The molecule has 0 unspecified atom stereocenters. The summed E-state index contributed by atoms with van der Waals surface area (Å²) in [4.78, 5) is 12.0. The molecule has 2 rings (SSSR count). The maximum absolute atomic E-state index is 12.0. The molecular weight excluding hydrogens is 283 g/mol. The summed E-state index contributed by atoms with van der Waals surface area (Å²) < 4.78 is 0. The van der Waals surface area contributed by atoms with E-state index >= 15 is 0 Å². The summed E-state index contributed by atoms with van der Waals surface area (Å²) in [5, 5.41) is 1.23. The largest absolute Gasteiger partial charge is 0.293 e. The van der Waals surface area contributed by atoms with Crippen LogP contribution >= 0.6 is 23.2 Å². The zero-order chi connectivity index (χ0) is 13.8. The lowest BCUT2D eigenvalue weighted by Crippen LogP contribution is -2.35. The van der Waals surface area contributed by atoms with Crippen molar-refractivity contribution < 1.29 is 4.79 Å². The van der Waals surface area contributed by atoms with E-state index in [1.807, 2.05) is 0 Å². The summed E-state index contributed by atoms with van der Waals surface area (Å²) >= 11 is 11.7. The molecule has 0 aliphatic rings. The van der Waals surface area contributed by atoms with Crippen LogP contribution in [0, 0.1) is 0 Å². The molecule has 3 nitrogen and oxygen atoms in total. The zero-order valence-corrected chi connectivity index (χ0v) is 11.4. The van der Waals surface area contributed by atoms with E-state index in [1.165, 1.54) is 0 Å². The van der Waals surface area contributed by atoms with E-state index in [0.717, 1.165) is 11.1 Å². The number of hydrogen-bond acceptors (Lipinski definition) is 2. The molecule has 0 bridgehead atoms. The molecule has 0 heterocycles. The number of carbonyl (C=O) groups is 1. The molecule has 0 saturated carbocycles. The highest BCUT2D eigenvalue weighted by molar-refractivity contribution is 6.30. The van der Waals surface area contributed by atoms with Crippen LogP contribution < -0.4 is 11.3 Å². The lowest BCUT2D eigenvalue weighted by molar-refractivity contribution is -0.121. The van der Waals surface area contributed by atoms with Gasteiger partial charge in [0, 0.05) is 10.0 Å². The fourth-order valence-corrected chi connectivity index (χ4v) is 2.14. The summed E-state index contributed by atoms with van der Waals surface area (Å²) in [6, 6.07) is 14.2. The minimum absolute atomic E-state index is 0.287. The second-order valence-electron chi connectivity index (χ2n) is 4.04. The van der Waals surface area contributed by atoms with Crippen molar-refractivity contribution >= 4 is 29.1 Å². The molecule has 1 amide bonds. The Morgan fingerprint density at radius 1 is 0.895 bits per heavy atom. The molecule has 0 saturated heterocycles. The van der Waals surface area contributed by atoms with E-state index in [0.29, 0.717) is 10.0 Å². The van der Waals surface area contributed by atoms with E-state index in [1.54, 1.807) is 48.5 Å². The third kappa shape index (κ3) is 3.26. The van der Waals surface area contributed by atoms with Gasteiger partial charge in [0.1, 0.15) is 0 Å². The molecular formula is C14H12Cl2N2O. The smallest absolute Gasteiger partial charge is 0.245 e. The Morgan fingerprint density at radius 2 is 1.26 bits per heavy atom. The SMILES string of the molecule is NNC(=O)C(c1ccc(Cl)cc1)c1ccc(Cl)cc1. The van der Waals surface area contributed by atoms with E-state index in [4.69, 9.17) is 29.0 Å². The monoisotopic (exact) mass is 294 g/mol. The zero-order valence-electron chi connectivity index (χ0n) is 9.94. The van der Waals surface area contributed by atoms with Gasteiger partial charge in [-0.2, -0.15) is 0 Å². The lowest BCUT2D eigenvalue weighted by atomic mass is 9.91. The van der Waals surface area contributed by atoms with Crippen molar-refractivity contribution in [1.82, 2.24) is 5.43 Å². The van der Waals surface area contributed by atoms with Gasteiger partial charge in [0.2, 0.25) is 5.91 Å². The lowest BCUT2D eigenvalue weighted by Gasteiger charge is -2.16. The first-order valence-corrected chi connectivity index (χ1v) is 6.39. The van der Waals surface area contributed by atoms with Crippen LogP contribution in [0.25, 0.3) is 0 Å². The predicted molar refractivity (Wildman–Crippen MR) is 77.1 cm³/mol. The first kappa shape index (κ1) is 13.9. The van der Waals surface area contributed by atoms with E-state index in [9.17, 15) is 4.79 Å². The maximum atomic E-state index is 12.0. The van der Waals surface area contributed by atoms with Gasteiger partial charge in [0.15, 0.2) is 0 Å². The minimum Gasteiger partial charge on any atom is -0.293 e. The van der Waals surface area contributed by atoms with Crippen molar-refractivity contribution in [1.29, 1.82) is 0 Å². The number of hydrazine groups is 1. The molecule has 5 heteroatoms. The highest BCUT2D eigenvalue weighted by atomic mass is 35.5. The molecule has 0 radical (unpaired) electrons. The topological polar surface area (TPSA) is 55.1 Å². The number of nitrogens with one attached hydrogen (secondary N) is 1. The molecule has 19 heavy (non-hydrogen) atoms. The van der Waals surface area contributed by atoms with Gasteiger partial charge < -0.3 is 0 Å². The van der Waals surface area contributed by atoms with Gasteiger partial charge in [-0.25, -0.2) is 5.84 Å². The van der Waals surface area contributed by atoms with Crippen LogP contribution in [0.3, 0.4) is 0 Å². The van der Waals surface area contributed by atoms with Crippen LogP contribution in [0.2, 0.25) is 10.0 Å². The molecule has 2 aromatic rings. The Kier molecular flexibility index (Phi) is 4.43. The first-order chi connectivity index (χ1) is 9.11. The van der Waals surface area contributed by atoms with Crippen LogP contribution in [0.4, 0.5) is 0 Å². The third-order valence-corrected chi connectivity index (χ3v) is 3.32. The molecule has 0 aliphatic heterocycles. The Bertz CT molecular complexity index is 522. The summed E-state index contributed by atoms with van der Waals surface area (Å²) in [6.07, 6.45) is 0. The van der Waals surface area contributed by atoms with Crippen LogP contribution in [0.1, 0.15) is 17.0 Å². The number of amides is 1. The van der Waals surface area contributed by atoms with E-state index < -0.39 is 5.92 Å². The fourth-order valence-electron chi connectivity index (χ4n) is 1.89. The Morgan fingerprint density at radius 3 is 1.58 bits per heavy atom. The number of hydrogen-bond donors (Lipinski definition) is 2. The standard InChI is InChI=1S/C14H12Cl2N2O/c15-11-5-1-9(2-6-11)13(14(19)18-17)10-3-7-12(16)8-4-10/h1-8,13H,17H2,(H,18,19). The molecule has 2 aromatic carbocycles. The Balaban J connectivity index is 2.44. The maximum Gasteiger partial charge on any atom is 0.245 e. The summed E-state index contributed by atoms with van der Waals surface area (Å²) in [5.74, 6) is 4.48. The van der Waals surface area contributed by atoms with Gasteiger partial charge in [0.25, 0.3) is 0 Å². The van der Waals surface area contributed by atoms with Crippen molar-refractivity contribution in [2.75, 3.05) is 0 Å². The number of benzene rings is 2. The second kappa shape index (κ2) is 6.06. The average Bonchev–Trinajstić information content (AvgIpc) is 2.43. The van der Waals surface area contributed by atoms with Crippen molar-refractivity contribution in [3.05, 3.63) is 69.7 Å². The van der Waals surface area contributed by atoms with Crippen LogP contribution in [-0.4, -0.2) is 5.91 Å². The van der Waals surface area contributed by atoms with Gasteiger partial charge in [0.05, 0.1) is 5.92 Å². The minimum atomic E-state index is -0.487. The van der Waals surface area contributed by atoms with Crippen molar-refractivity contribution in [2.45, 2.75) is 5.92 Å². The number of carbonyl (C=O) groups excluding carboxylic acids is 1. The quantitative estimate of drug-likeness (QED) is 0.519. The highest BCUT2D eigenvalue weighted by Gasteiger charge is 2.21. The number of nitrogens with two attached hydrogens (primary N) is 1. The molecule has 0 aliphatic carbocycles. The third-order valence-electron chi connectivity index (χ3n) is 2.81. The number of rotatable bonds is 3. The summed E-state index contributed by atoms with van der Waals surface area (Å²) in [7, 11) is 0. The Hall–Kier alpha value is -1.55. The summed E-state index contributed by atoms with van der Waals surface area (Å²) in [6.45, 7) is 0. The van der Waals surface area contributed by atoms with Crippen LogP contribution in [-0.2, 0) is 4.79 Å². The Labute approximate surface area is 121 Å². The molecule has 0 atom stereocenters. The van der Waals surface area contributed by atoms with Gasteiger partial charge in [-0.05, 0) is 35.4 Å². The molecule has 0 aromatic heterocycles. The van der Waals surface area contributed by atoms with Crippen molar-refractivity contribution in [3.8, 4) is 0 Å². The first-order valence-electron chi connectivity index (χ1n) is 5.63. The van der Waals surface area contributed by atoms with Gasteiger partial charge in [-0.15, -0.1) is 0 Å². The van der Waals surface area contributed by atoms with Crippen LogP contribution in [0.5, 0.6) is 0 Å². The molecule has 3 N–H and O–H groups in total. The predicted octanol–water partition coefficient (Wildman–Crippen LogP) is 3.12.